The Morgan fingerprint density at radius 1 is 1.31 bits per heavy atom. The van der Waals surface area contributed by atoms with Gasteiger partial charge in [0.05, 0.1) is 0 Å². The summed E-state index contributed by atoms with van der Waals surface area (Å²) < 4.78 is 6.41. The topological polar surface area (TPSA) is 54.4 Å². The van der Waals surface area contributed by atoms with Crippen molar-refractivity contribution in [1.82, 2.24) is 4.98 Å². The van der Waals surface area contributed by atoms with Gasteiger partial charge in [-0.3, -0.25) is 4.98 Å². The van der Waals surface area contributed by atoms with E-state index in [4.69, 9.17) is 16.3 Å². The summed E-state index contributed by atoms with van der Waals surface area (Å²) >= 11 is 8.03. The van der Waals surface area contributed by atoms with Crippen molar-refractivity contribution in [3.8, 4) is 0 Å². The van der Waals surface area contributed by atoms with Crippen LogP contribution in [0.25, 0.3) is 10.1 Å². The SMILES string of the molecule is CCOC(O)Cc1csc2cc(NCc3c(Cl)cc(C)nc3C)ccc12. The van der Waals surface area contributed by atoms with Gasteiger partial charge in [-0.25, -0.2) is 0 Å². The van der Waals surface area contributed by atoms with Crippen LogP contribution in [0.1, 0.15) is 29.4 Å². The Morgan fingerprint density at radius 2 is 2.12 bits per heavy atom. The minimum absolute atomic E-state index is 0.504. The first-order valence-electron chi connectivity index (χ1n) is 8.64. The number of fused-ring (bicyclic) bond motifs is 1. The molecule has 2 aromatic heterocycles. The van der Waals surface area contributed by atoms with Gasteiger partial charge in [-0.15, -0.1) is 11.3 Å². The first kappa shape index (κ1) is 19.1. The maximum absolute atomic E-state index is 9.87. The molecule has 0 aliphatic heterocycles. The van der Waals surface area contributed by atoms with Crippen molar-refractivity contribution >= 4 is 38.7 Å². The van der Waals surface area contributed by atoms with Crippen molar-refractivity contribution < 1.29 is 9.84 Å². The molecule has 0 bridgehead atoms. The highest BCUT2D eigenvalue weighted by atomic mass is 35.5. The lowest BCUT2D eigenvalue weighted by Crippen LogP contribution is -2.14. The largest absolute Gasteiger partial charge is 0.381 e. The first-order valence-corrected chi connectivity index (χ1v) is 9.90. The van der Waals surface area contributed by atoms with E-state index in [1.807, 2.05) is 26.8 Å². The van der Waals surface area contributed by atoms with Crippen molar-refractivity contribution in [2.45, 2.75) is 40.0 Å². The zero-order valence-corrected chi connectivity index (χ0v) is 16.7. The van der Waals surface area contributed by atoms with Crippen LogP contribution in [0.15, 0.2) is 29.6 Å². The van der Waals surface area contributed by atoms with E-state index in [0.29, 0.717) is 19.6 Å². The Bertz CT molecular complexity index is 887. The van der Waals surface area contributed by atoms with Crippen molar-refractivity contribution in [3.05, 3.63) is 57.2 Å². The van der Waals surface area contributed by atoms with E-state index >= 15 is 0 Å². The lowest BCUT2D eigenvalue weighted by Gasteiger charge is -2.12. The Hall–Kier alpha value is -1.66. The molecule has 0 aliphatic rings. The molecule has 2 N–H and O–H groups in total. The number of hydrogen-bond donors (Lipinski definition) is 2. The lowest BCUT2D eigenvalue weighted by atomic mass is 10.1. The number of aliphatic hydroxyl groups excluding tert-OH is 1. The summed E-state index contributed by atoms with van der Waals surface area (Å²) in [6.45, 7) is 6.94. The predicted octanol–water partition coefficient (Wildman–Crippen LogP) is 5.08. The van der Waals surface area contributed by atoms with E-state index in [9.17, 15) is 5.11 Å². The second-order valence-corrected chi connectivity index (χ2v) is 7.57. The van der Waals surface area contributed by atoms with Crippen molar-refractivity contribution in [3.63, 3.8) is 0 Å². The van der Waals surface area contributed by atoms with Gasteiger partial charge in [0.15, 0.2) is 6.29 Å². The third-order valence-corrected chi connectivity index (χ3v) is 5.61. The average Bonchev–Trinajstić information content (AvgIpc) is 2.96. The van der Waals surface area contributed by atoms with E-state index in [1.54, 1.807) is 11.3 Å². The summed E-state index contributed by atoms with van der Waals surface area (Å²) in [4.78, 5) is 4.48. The van der Waals surface area contributed by atoms with Gasteiger partial charge in [-0.2, -0.15) is 0 Å². The highest BCUT2D eigenvalue weighted by Gasteiger charge is 2.11. The van der Waals surface area contributed by atoms with Gasteiger partial charge in [-0.05, 0) is 55.3 Å². The van der Waals surface area contributed by atoms with Gasteiger partial charge in [0.1, 0.15) is 0 Å². The minimum Gasteiger partial charge on any atom is -0.381 e. The Morgan fingerprint density at radius 3 is 2.85 bits per heavy atom. The number of aliphatic hydroxyl groups is 1. The van der Waals surface area contributed by atoms with E-state index in [1.165, 1.54) is 4.70 Å². The predicted molar refractivity (Wildman–Crippen MR) is 109 cm³/mol. The van der Waals surface area contributed by atoms with Crippen LogP contribution >= 0.6 is 22.9 Å². The minimum atomic E-state index is -0.755. The molecule has 0 aliphatic carbocycles. The number of pyridine rings is 1. The maximum Gasteiger partial charge on any atom is 0.158 e. The summed E-state index contributed by atoms with van der Waals surface area (Å²) in [6, 6.07) is 8.16. The molecule has 1 atom stereocenters. The fourth-order valence-corrected chi connectivity index (χ4v) is 4.38. The maximum atomic E-state index is 9.87. The third-order valence-electron chi connectivity index (χ3n) is 4.28. The van der Waals surface area contributed by atoms with Crippen LogP contribution in [0.3, 0.4) is 0 Å². The van der Waals surface area contributed by atoms with Gasteiger partial charge < -0.3 is 15.2 Å². The van der Waals surface area contributed by atoms with Crippen molar-refractivity contribution in [1.29, 1.82) is 0 Å². The number of thiophene rings is 1. The molecular formula is C20H23ClN2O2S. The number of hydrogen-bond acceptors (Lipinski definition) is 5. The highest BCUT2D eigenvalue weighted by molar-refractivity contribution is 7.17. The second-order valence-electron chi connectivity index (χ2n) is 6.25. The molecule has 0 amide bonds. The molecule has 2 heterocycles. The summed E-state index contributed by atoms with van der Waals surface area (Å²) in [7, 11) is 0. The normalized spacial score (nSPS) is 12.5. The molecule has 3 aromatic rings. The summed E-state index contributed by atoms with van der Waals surface area (Å²) in [5, 5.41) is 17.3. The summed E-state index contributed by atoms with van der Waals surface area (Å²) in [5.74, 6) is 0. The number of anilines is 1. The fraction of sp³-hybridized carbons (Fsp3) is 0.350. The number of halogens is 1. The zero-order valence-electron chi connectivity index (χ0n) is 15.2. The quantitative estimate of drug-likeness (QED) is 0.552. The first-order chi connectivity index (χ1) is 12.5. The van der Waals surface area contributed by atoms with Gasteiger partial charge >= 0.3 is 0 Å². The van der Waals surface area contributed by atoms with Gasteiger partial charge in [0.25, 0.3) is 0 Å². The van der Waals surface area contributed by atoms with Crippen LogP contribution in [-0.4, -0.2) is 23.0 Å². The molecule has 26 heavy (non-hydrogen) atoms. The van der Waals surface area contributed by atoms with Gasteiger partial charge in [-0.1, -0.05) is 17.7 Å². The summed E-state index contributed by atoms with van der Waals surface area (Å²) in [5.41, 5.74) is 5.04. The lowest BCUT2D eigenvalue weighted by molar-refractivity contribution is -0.0925. The van der Waals surface area contributed by atoms with Crippen LogP contribution in [0, 0.1) is 13.8 Å². The fourth-order valence-electron chi connectivity index (χ4n) is 3.00. The smallest absolute Gasteiger partial charge is 0.158 e. The van der Waals surface area contributed by atoms with E-state index in [2.05, 4.69) is 33.9 Å². The second kappa shape index (κ2) is 8.35. The number of nitrogens with one attached hydrogen (secondary N) is 1. The number of nitrogens with zero attached hydrogens (tertiary/aromatic N) is 1. The number of rotatable bonds is 7. The van der Waals surface area contributed by atoms with Crippen LogP contribution in [0.2, 0.25) is 5.02 Å². The number of benzene rings is 1. The third kappa shape index (κ3) is 4.35. The Kier molecular flexibility index (Phi) is 6.14. The number of aryl methyl sites for hydroxylation is 2. The molecular weight excluding hydrogens is 368 g/mol. The monoisotopic (exact) mass is 390 g/mol. The standard InChI is InChI=1S/C20H23ClN2O2S/c1-4-25-20(24)8-14-11-26-19-9-15(5-6-16(14)19)22-10-17-13(3)23-12(2)7-18(17)21/h5-7,9,11,20,22,24H,4,8,10H2,1-3H3. The van der Waals surface area contributed by atoms with Crippen molar-refractivity contribution in [2.24, 2.45) is 0 Å². The average molecular weight is 391 g/mol. The highest BCUT2D eigenvalue weighted by Crippen LogP contribution is 2.30. The van der Waals surface area contributed by atoms with Gasteiger partial charge in [0.2, 0.25) is 0 Å². The summed E-state index contributed by atoms with van der Waals surface area (Å²) in [6.07, 6.45) is -0.250. The Balaban J connectivity index is 1.74. The molecule has 6 heteroatoms. The number of aromatic nitrogens is 1. The molecule has 3 rings (SSSR count). The molecule has 1 aromatic carbocycles. The zero-order chi connectivity index (χ0) is 18.7. The molecule has 0 radical (unpaired) electrons. The van der Waals surface area contributed by atoms with Crippen molar-refractivity contribution in [2.75, 3.05) is 11.9 Å². The van der Waals surface area contributed by atoms with Crippen LogP contribution in [0.5, 0.6) is 0 Å². The van der Waals surface area contributed by atoms with E-state index < -0.39 is 6.29 Å². The van der Waals surface area contributed by atoms with Crippen LogP contribution in [0.4, 0.5) is 5.69 Å². The molecule has 4 nitrogen and oxygen atoms in total. The van der Waals surface area contributed by atoms with E-state index in [-0.39, 0.29) is 0 Å². The molecule has 0 spiro atoms. The molecule has 138 valence electrons. The molecule has 0 saturated carbocycles. The molecule has 0 saturated heterocycles. The van der Waals surface area contributed by atoms with Gasteiger partial charge in [0, 0.05) is 51.9 Å². The molecule has 0 fully saturated rings. The van der Waals surface area contributed by atoms with Crippen LogP contribution in [-0.2, 0) is 17.7 Å². The number of ether oxygens (including phenoxy) is 1. The van der Waals surface area contributed by atoms with Crippen LogP contribution < -0.4 is 5.32 Å². The molecule has 1 unspecified atom stereocenters. The Labute approximate surface area is 162 Å². The van der Waals surface area contributed by atoms with E-state index in [0.717, 1.165) is 38.6 Å².